The quantitative estimate of drug-likeness (QED) is 0.786. The fourth-order valence-corrected chi connectivity index (χ4v) is 3.29. The fraction of sp³-hybridized carbons (Fsp3) is 0.316. The zero-order valence-corrected chi connectivity index (χ0v) is 15.0. The second-order valence-corrected chi connectivity index (χ2v) is 6.75. The zero-order chi connectivity index (χ0) is 18.3. The van der Waals surface area contributed by atoms with Crippen molar-refractivity contribution in [3.63, 3.8) is 0 Å². The molecule has 1 aliphatic rings. The summed E-state index contributed by atoms with van der Waals surface area (Å²) in [4.78, 5) is 25.8. The zero-order valence-electron chi connectivity index (χ0n) is 15.0. The molecule has 1 aliphatic heterocycles. The van der Waals surface area contributed by atoms with Gasteiger partial charge in [-0.15, -0.1) is 0 Å². The third-order valence-electron chi connectivity index (χ3n) is 4.56. The SMILES string of the molecule is CC(C)c1nccc([C@H]2CC(=O)Nc3c2c(-c2ccccn2)nn3C)n1. The van der Waals surface area contributed by atoms with Crippen molar-refractivity contribution in [3.05, 3.63) is 53.7 Å². The summed E-state index contributed by atoms with van der Waals surface area (Å²) in [5.74, 6) is 1.48. The summed E-state index contributed by atoms with van der Waals surface area (Å²) in [5, 5.41) is 7.57. The maximum atomic E-state index is 12.3. The highest BCUT2D eigenvalue weighted by atomic mass is 16.1. The summed E-state index contributed by atoms with van der Waals surface area (Å²) in [6.45, 7) is 4.11. The van der Waals surface area contributed by atoms with E-state index < -0.39 is 0 Å². The molecular formula is C19H20N6O. The summed E-state index contributed by atoms with van der Waals surface area (Å²) in [7, 11) is 1.83. The van der Waals surface area contributed by atoms with Crippen molar-refractivity contribution in [2.24, 2.45) is 7.05 Å². The Labute approximate surface area is 151 Å². The number of carbonyl (C=O) groups is 1. The van der Waals surface area contributed by atoms with Crippen molar-refractivity contribution in [1.29, 1.82) is 0 Å². The maximum absolute atomic E-state index is 12.3. The van der Waals surface area contributed by atoms with Gasteiger partial charge < -0.3 is 5.32 Å². The van der Waals surface area contributed by atoms with Crippen LogP contribution in [0, 0.1) is 0 Å². The van der Waals surface area contributed by atoms with Crippen LogP contribution in [0.2, 0.25) is 0 Å². The number of amides is 1. The van der Waals surface area contributed by atoms with E-state index in [2.05, 4.69) is 34.2 Å². The van der Waals surface area contributed by atoms with E-state index in [1.165, 1.54) is 0 Å². The average Bonchev–Trinajstić information content (AvgIpc) is 2.98. The highest BCUT2D eigenvalue weighted by Gasteiger charge is 2.34. The van der Waals surface area contributed by atoms with E-state index in [4.69, 9.17) is 4.98 Å². The first-order chi connectivity index (χ1) is 12.5. The smallest absolute Gasteiger partial charge is 0.226 e. The number of anilines is 1. The molecule has 4 heterocycles. The predicted molar refractivity (Wildman–Crippen MR) is 97.6 cm³/mol. The minimum absolute atomic E-state index is 0.0391. The molecule has 1 amide bonds. The second-order valence-electron chi connectivity index (χ2n) is 6.75. The van der Waals surface area contributed by atoms with E-state index in [-0.39, 0.29) is 17.7 Å². The molecule has 1 N–H and O–H groups in total. The van der Waals surface area contributed by atoms with Gasteiger partial charge in [-0.05, 0) is 18.2 Å². The lowest BCUT2D eigenvalue weighted by Gasteiger charge is -2.24. The largest absolute Gasteiger partial charge is 0.311 e. The van der Waals surface area contributed by atoms with Crippen LogP contribution in [0.5, 0.6) is 0 Å². The lowest BCUT2D eigenvalue weighted by molar-refractivity contribution is -0.116. The Balaban J connectivity index is 1.90. The van der Waals surface area contributed by atoms with Crippen LogP contribution in [0.15, 0.2) is 36.7 Å². The normalized spacial score (nSPS) is 16.5. The molecule has 0 saturated carbocycles. The van der Waals surface area contributed by atoms with E-state index in [1.807, 2.05) is 31.3 Å². The molecule has 0 fully saturated rings. The van der Waals surface area contributed by atoms with Crippen LogP contribution in [0.25, 0.3) is 11.4 Å². The van der Waals surface area contributed by atoms with E-state index in [9.17, 15) is 4.79 Å². The number of aromatic nitrogens is 5. The highest BCUT2D eigenvalue weighted by Crippen LogP contribution is 2.41. The van der Waals surface area contributed by atoms with Crippen LogP contribution < -0.4 is 5.32 Å². The van der Waals surface area contributed by atoms with Gasteiger partial charge in [0.1, 0.15) is 17.3 Å². The van der Waals surface area contributed by atoms with E-state index in [0.29, 0.717) is 12.2 Å². The molecule has 0 radical (unpaired) electrons. The van der Waals surface area contributed by atoms with Gasteiger partial charge in [0, 0.05) is 43.3 Å². The van der Waals surface area contributed by atoms with Crippen LogP contribution >= 0.6 is 0 Å². The summed E-state index contributed by atoms with van der Waals surface area (Å²) in [6, 6.07) is 7.61. The Morgan fingerprint density at radius 1 is 1.19 bits per heavy atom. The maximum Gasteiger partial charge on any atom is 0.226 e. The van der Waals surface area contributed by atoms with Gasteiger partial charge in [0.2, 0.25) is 5.91 Å². The van der Waals surface area contributed by atoms with E-state index >= 15 is 0 Å². The lowest BCUT2D eigenvalue weighted by Crippen LogP contribution is -2.25. The fourth-order valence-electron chi connectivity index (χ4n) is 3.29. The topological polar surface area (TPSA) is 85.6 Å². The van der Waals surface area contributed by atoms with Crippen molar-refractivity contribution in [3.8, 4) is 11.4 Å². The van der Waals surface area contributed by atoms with Crippen molar-refractivity contribution in [1.82, 2.24) is 24.7 Å². The van der Waals surface area contributed by atoms with Crippen LogP contribution in [0.1, 0.15) is 49.2 Å². The first kappa shape index (κ1) is 16.4. The number of nitrogens with one attached hydrogen (secondary N) is 1. The standard InChI is InChI=1S/C19H20N6O/c1-11(2)18-21-9-7-13(22-18)12-10-15(26)23-19-16(12)17(24-25(19)3)14-6-4-5-8-20-14/h4-9,11-12H,10H2,1-3H3,(H,23,26)/t12-/m1/s1. The van der Waals surface area contributed by atoms with Crippen molar-refractivity contribution in [2.45, 2.75) is 32.1 Å². The Morgan fingerprint density at radius 2 is 2.04 bits per heavy atom. The van der Waals surface area contributed by atoms with Gasteiger partial charge in [-0.3, -0.25) is 14.5 Å². The monoisotopic (exact) mass is 348 g/mol. The molecule has 0 saturated heterocycles. The lowest BCUT2D eigenvalue weighted by atomic mass is 9.88. The molecule has 0 aliphatic carbocycles. The van der Waals surface area contributed by atoms with Crippen LogP contribution in [-0.2, 0) is 11.8 Å². The Kier molecular flexibility index (Phi) is 3.99. The number of rotatable bonds is 3. The van der Waals surface area contributed by atoms with Gasteiger partial charge in [0.25, 0.3) is 0 Å². The van der Waals surface area contributed by atoms with Gasteiger partial charge >= 0.3 is 0 Å². The molecule has 1 atom stereocenters. The van der Waals surface area contributed by atoms with Gasteiger partial charge in [0.15, 0.2) is 0 Å². The molecule has 0 bridgehead atoms. The second kappa shape index (κ2) is 6.33. The minimum atomic E-state index is -0.176. The van der Waals surface area contributed by atoms with E-state index in [1.54, 1.807) is 17.1 Å². The van der Waals surface area contributed by atoms with Crippen LogP contribution in [0.3, 0.4) is 0 Å². The number of hydrogen-bond acceptors (Lipinski definition) is 5. The van der Waals surface area contributed by atoms with Gasteiger partial charge in [0.05, 0.1) is 11.4 Å². The number of aryl methyl sites for hydroxylation is 1. The van der Waals surface area contributed by atoms with Crippen LogP contribution in [0.4, 0.5) is 5.82 Å². The third-order valence-corrected chi connectivity index (χ3v) is 4.56. The van der Waals surface area contributed by atoms with E-state index in [0.717, 1.165) is 28.5 Å². The van der Waals surface area contributed by atoms with Crippen molar-refractivity contribution < 1.29 is 4.79 Å². The van der Waals surface area contributed by atoms with Gasteiger partial charge in [-0.25, -0.2) is 9.97 Å². The molecule has 26 heavy (non-hydrogen) atoms. The van der Waals surface area contributed by atoms with Crippen molar-refractivity contribution >= 4 is 11.7 Å². The molecule has 132 valence electrons. The number of carbonyl (C=O) groups excluding carboxylic acids is 1. The number of fused-ring (bicyclic) bond motifs is 1. The predicted octanol–water partition coefficient (Wildman–Crippen LogP) is 2.87. The summed E-state index contributed by atoms with van der Waals surface area (Å²) < 4.78 is 1.70. The molecule has 0 aromatic carbocycles. The average molecular weight is 348 g/mol. The number of hydrogen-bond donors (Lipinski definition) is 1. The minimum Gasteiger partial charge on any atom is -0.311 e. The molecule has 7 heteroatoms. The molecule has 4 rings (SSSR count). The molecule has 7 nitrogen and oxygen atoms in total. The third kappa shape index (κ3) is 2.75. The Morgan fingerprint density at radius 3 is 2.77 bits per heavy atom. The number of nitrogens with zero attached hydrogens (tertiary/aromatic N) is 5. The highest BCUT2D eigenvalue weighted by molar-refractivity contribution is 5.96. The summed E-state index contributed by atoms with van der Waals surface area (Å²) in [6.07, 6.45) is 3.84. The number of pyridine rings is 1. The molecule has 0 spiro atoms. The summed E-state index contributed by atoms with van der Waals surface area (Å²) in [5.41, 5.74) is 3.35. The van der Waals surface area contributed by atoms with Gasteiger partial charge in [-0.2, -0.15) is 5.10 Å². The Bertz CT molecular complexity index is 963. The Hall–Kier alpha value is -3.09. The van der Waals surface area contributed by atoms with Gasteiger partial charge in [-0.1, -0.05) is 19.9 Å². The van der Waals surface area contributed by atoms with Crippen LogP contribution in [-0.4, -0.2) is 30.6 Å². The first-order valence-corrected chi connectivity index (χ1v) is 8.65. The molecular weight excluding hydrogens is 328 g/mol. The molecule has 3 aromatic rings. The summed E-state index contributed by atoms with van der Waals surface area (Å²) >= 11 is 0. The first-order valence-electron chi connectivity index (χ1n) is 8.65. The molecule has 3 aromatic heterocycles. The van der Waals surface area contributed by atoms with Crippen molar-refractivity contribution in [2.75, 3.05) is 5.32 Å². The molecule has 0 unspecified atom stereocenters.